The Morgan fingerprint density at radius 1 is 1.20 bits per heavy atom. The van der Waals surface area contributed by atoms with Crippen molar-refractivity contribution < 1.29 is 0 Å². The van der Waals surface area contributed by atoms with Gasteiger partial charge in [0.1, 0.15) is 0 Å². The van der Waals surface area contributed by atoms with Crippen LogP contribution in [0.3, 0.4) is 0 Å². The lowest BCUT2D eigenvalue weighted by Gasteiger charge is -2.07. The molecule has 0 radical (unpaired) electrons. The first-order valence-corrected chi connectivity index (χ1v) is 5.57. The minimum atomic E-state index is 0.807. The zero-order valence-corrected chi connectivity index (χ0v) is 9.51. The maximum absolute atomic E-state index is 6.07. The number of hydrogen-bond donors (Lipinski definition) is 1. The Bertz CT molecular complexity index is 465. The summed E-state index contributed by atoms with van der Waals surface area (Å²) in [6, 6.07) is 12.4. The molecule has 2 aromatic carbocycles. The van der Waals surface area contributed by atoms with Crippen LogP contribution in [0.15, 0.2) is 36.4 Å². The van der Waals surface area contributed by atoms with E-state index in [1.165, 1.54) is 16.3 Å². The van der Waals surface area contributed by atoms with Gasteiger partial charge in [0.25, 0.3) is 0 Å². The van der Waals surface area contributed by atoms with E-state index < -0.39 is 0 Å². The average molecular weight is 220 g/mol. The molecule has 1 nitrogen and oxygen atoms in total. The molecular formula is C13H14ClN. The molecule has 0 aliphatic rings. The molecule has 2 heteroatoms. The highest BCUT2D eigenvalue weighted by molar-refractivity contribution is 6.31. The van der Waals surface area contributed by atoms with Crippen molar-refractivity contribution in [3.8, 4) is 0 Å². The van der Waals surface area contributed by atoms with E-state index in [9.17, 15) is 0 Å². The van der Waals surface area contributed by atoms with E-state index in [1.807, 2.05) is 18.2 Å². The molecule has 2 aromatic rings. The Balaban J connectivity index is 2.50. The van der Waals surface area contributed by atoms with Crippen molar-refractivity contribution in [2.24, 2.45) is 0 Å². The normalized spacial score (nSPS) is 10.8. The van der Waals surface area contributed by atoms with Crippen molar-refractivity contribution in [2.45, 2.75) is 13.5 Å². The van der Waals surface area contributed by atoms with E-state index in [1.54, 1.807) is 0 Å². The van der Waals surface area contributed by atoms with Crippen LogP contribution in [0.2, 0.25) is 5.02 Å². The van der Waals surface area contributed by atoms with Gasteiger partial charge in [-0.2, -0.15) is 0 Å². The standard InChI is InChI=1S/C13H14ClN/c1-2-15-9-11-8-12(14)7-10-5-3-4-6-13(10)11/h3-8,15H,2,9H2,1H3. The van der Waals surface area contributed by atoms with Gasteiger partial charge in [-0.3, -0.25) is 0 Å². The maximum atomic E-state index is 6.07. The van der Waals surface area contributed by atoms with Crippen LogP contribution < -0.4 is 5.32 Å². The van der Waals surface area contributed by atoms with Gasteiger partial charge in [0, 0.05) is 11.6 Å². The summed E-state index contributed by atoms with van der Waals surface area (Å²) in [7, 11) is 0. The number of halogens is 1. The summed E-state index contributed by atoms with van der Waals surface area (Å²) in [5.74, 6) is 0. The molecule has 0 aliphatic carbocycles. The smallest absolute Gasteiger partial charge is 0.0415 e. The fourth-order valence-corrected chi connectivity index (χ4v) is 2.00. The van der Waals surface area contributed by atoms with Gasteiger partial charge in [-0.05, 0) is 35.0 Å². The van der Waals surface area contributed by atoms with Crippen molar-refractivity contribution >= 4 is 22.4 Å². The van der Waals surface area contributed by atoms with E-state index >= 15 is 0 Å². The molecule has 0 aromatic heterocycles. The number of rotatable bonds is 3. The third-order valence-corrected chi connectivity index (χ3v) is 2.70. The van der Waals surface area contributed by atoms with E-state index in [-0.39, 0.29) is 0 Å². The van der Waals surface area contributed by atoms with Gasteiger partial charge >= 0.3 is 0 Å². The molecule has 0 unspecified atom stereocenters. The highest BCUT2D eigenvalue weighted by Crippen LogP contribution is 2.23. The molecule has 0 bridgehead atoms. The van der Waals surface area contributed by atoms with Gasteiger partial charge in [-0.1, -0.05) is 42.8 Å². The van der Waals surface area contributed by atoms with E-state index in [4.69, 9.17) is 11.6 Å². The Morgan fingerprint density at radius 2 is 2.00 bits per heavy atom. The number of fused-ring (bicyclic) bond motifs is 1. The van der Waals surface area contributed by atoms with Gasteiger partial charge < -0.3 is 5.32 Å². The van der Waals surface area contributed by atoms with Crippen LogP contribution in [0, 0.1) is 0 Å². The largest absolute Gasteiger partial charge is 0.313 e. The second-order valence-electron chi connectivity index (χ2n) is 3.57. The van der Waals surface area contributed by atoms with Crippen molar-refractivity contribution in [1.82, 2.24) is 5.32 Å². The molecule has 0 spiro atoms. The third kappa shape index (κ3) is 2.31. The summed E-state index contributed by atoms with van der Waals surface area (Å²) in [6.45, 7) is 3.95. The average Bonchev–Trinajstić information content (AvgIpc) is 2.25. The van der Waals surface area contributed by atoms with Crippen molar-refractivity contribution in [3.05, 3.63) is 47.0 Å². The van der Waals surface area contributed by atoms with Crippen LogP contribution in [-0.4, -0.2) is 6.54 Å². The lowest BCUT2D eigenvalue weighted by Crippen LogP contribution is -2.11. The van der Waals surface area contributed by atoms with E-state index in [0.29, 0.717) is 0 Å². The van der Waals surface area contributed by atoms with Crippen LogP contribution in [0.25, 0.3) is 10.8 Å². The van der Waals surface area contributed by atoms with Gasteiger partial charge in [0.15, 0.2) is 0 Å². The van der Waals surface area contributed by atoms with Gasteiger partial charge in [0.2, 0.25) is 0 Å². The van der Waals surface area contributed by atoms with Crippen molar-refractivity contribution in [3.63, 3.8) is 0 Å². The van der Waals surface area contributed by atoms with Crippen LogP contribution in [0.1, 0.15) is 12.5 Å². The minimum Gasteiger partial charge on any atom is -0.313 e. The zero-order valence-electron chi connectivity index (χ0n) is 8.76. The predicted molar refractivity (Wildman–Crippen MR) is 66.3 cm³/mol. The fourth-order valence-electron chi connectivity index (χ4n) is 1.76. The maximum Gasteiger partial charge on any atom is 0.0415 e. The minimum absolute atomic E-state index is 0.807. The summed E-state index contributed by atoms with van der Waals surface area (Å²) in [4.78, 5) is 0. The predicted octanol–water partition coefficient (Wildman–Crippen LogP) is 3.60. The summed E-state index contributed by atoms with van der Waals surface area (Å²) in [6.07, 6.45) is 0. The topological polar surface area (TPSA) is 12.0 Å². The summed E-state index contributed by atoms with van der Waals surface area (Å²) < 4.78 is 0. The molecular weight excluding hydrogens is 206 g/mol. The number of hydrogen-bond acceptors (Lipinski definition) is 1. The van der Waals surface area contributed by atoms with Crippen LogP contribution in [0.4, 0.5) is 0 Å². The lowest BCUT2D eigenvalue weighted by molar-refractivity contribution is 0.730. The molecule has 0 fully saturated rings. The van der Waals surface area contributed by atoms with Crippen LogP contribution in [-0.2, 0) is 6.54 Å². The molecule has 0 heterocycles. The van der Waals surface area contributed by atoms with Gasteiger partial charge in [-0.15, -0.1) is 0 Å². The van der Waals surface area contributed by atoms with Crippen LogP contribution >= 0.6 is 11.6 Å². The number of benzene rings is 2. The molecule has 0 saturated carbocycles. The first-order chi connectivity index (χ1) is 7.31. The molecule has 0 amide bonds. The van der Waals surface area contributed by atoms with Crippen molar-refractivity contribution in [1.29, 1.82) is 0 Å². The first kappa shape index (κ1) is 10.5. The molecule has 0 saturated heterocycles. The first-order valence-electron chi connectivity index (χ1n) is 5.19. The summed E-state index contributed by atoms with van der Waals surface area (Å²) >= 11 is 6.07. The highest BCUT2D eigenvalue weighted by atomic mass is 35.5. The Hall–Kier alpha value is -1.05. The van der Waals surface area contributed by atoms with Crippen molar-refractivity contribution in [2.75, 3.05) is 6.54 Å². The summed E-state index contributed by atoms with van der Waals surface area (Å²) in [5.41, 5.74) is 1.26. The Kier molecular flexibility index (Phi) is 3.24. The molecule has 2 rings (SSSR count). The van der Waals surface area contributed by atoms with Gasteiger partial charge in [-0.25, -0.2) is 0 Å². The monoisotopic (exact) mass is 219 g/mol. The SMILES string of the molecule is CCNCc1cc(Cl)cc2ccccc12. The Morgan fingerprint density at radius 3 is 2.80 bits per heavy atom. The molecule has 0 atom stereocenters. The van der Waals surface area contributed by atoms with Crippen LogP contribution in [0.5, 0.6) is 0 Å². The second kappa shape index (κ2) is 4.65. The molecule has 78 valence electrons. The quantitative estimate of drug-likeness (QED) is 0.832. The third-order valence-electron chi connectivity index (χ3n) is 2.48. The fraction of sp³-hybridized carbons (Fsp3) is 0.231. The lowest BCUT2D eigenvalue weighted by atomic mass is 10.0. The molecule has 15 heavy (non-hydrogen) atoms. The summed E-state index contributed by atoms with van der Waals surface area (Å²) in [5, 5.41) is 6.62. The zero-order chi connectivity index (χ0) is 10.7. The van der Waals surface area contributed by atoms with E-state index in [2.05, 4.69) is 30.4 Å². The molecule has 0 aliphatic heterocycles. The van der Waals surface area contributed by atoms with E-state index in [0.717, 1.165) is 18.1 Å². The number of nitrogens with one attached hydrogen (secondary N) is 1. The Labute approximate surface area is 95.1 Å². The van der Waals surface area contributed by atoms with Gasteiger partial charge in [0.05, 0.1) is 0 Å². The highest BCUT2D eigenvalue weighted by Gasteiger charge is 2.01. The molecule has 1 N–H and O–H groups in total. The second-order valence-corrected chi connectivity index (χ2v) is 4.00.